The molecule has 0 saturated heterocycles. The van der Waals surface area contributed by atoms with Crippen molar-refractivity contribution in [1.29, 1.82) is 0 Å². The summed E-state index contributed by atoms with van der Waals surface area (Å²) in [5, 5.41) is 3.50. The zero-order valence-corrected chi connectivity index (χ0v) is 11.8. The van der Waals surface area contributed by atoms with Crippen LogP contribution >= 0.6 is 0 Å². The zero-order chi connectivity index (χ0) is 15.5. The minimum atomic E-state index is -0.317. The number of nitrogens with two attached hydrogens (primary N) is 1. The summed E-state index contributed by atoms with van der Waals surface area (Å²) in [5.41, 5.74) is 7.87. The average Bonchev–Trinajstić information content (AvgIpc) is 2.54. The fourth-order valence-electron chi connectivity index (χ4n) is 2.32. The van der Waals surface area contributed by atoms with Gasteiger partial charge in [0, 0.05) is 29.2 Å². The predicted molar refractivity (Wildman–Crippen MR) is 86.9 cm³/mol. The third-order valence-electron chi connectivity index (χ3n) is 3.44. The van der Waals surface area contributed by atoms with Gasteiger partial charge in [-0.05, 0) is 23.8 Å². The second kappa shape index (κ2) is 5.83. The number of aromatic nitrogens is 1. The number of amides is 1. The fourth-order valence-corrected chi connectivity index (χ4v) is 2.32. The molecule has 5 nitrogen and oxygen atoms in total. The molecule has 22 heavy (non-hydrogen) atoms. The van der Waals surface area contributed by atoms with Crippen molar-refractivity contribution in [2.24, 2.45) is 5.73 Å². The van der Waals surface area contributed by atoms with Crippen molar-refractivity contribution >= 4 is 22.5 Å². The number of carbonyl (C=O) groups excluding carboxylic acids is 1. The van der Waals surface area contributed by atoms with Crippen LogP contribution in [0.4, 0.5) is 5.69 Å². The van der Waals surface area contributed by atoms with Crippen LogP contribution in [0.1, 0.15) is 15.9 Å². The van der Waals surface area contributed by atoms with E-state index in [1.165, 1.54) is 6.07 Å². The van der Waals surface area contributed by atoms with E-state index >= 15 is 0 Å². The van der Waals surface area contributed by atoms with E-state index in [-0.39, 0.29) is 11.5 Å². The Balaban J connectivity index is 1.96. The number of pyridine rings is 1. The molecule has 0 atom stereocenters. The first-order chi connectivity index (χ1) is 10.7. The number of benzene rings is 2. The second-order valence-corrected chi connectivity index (χ2v) is 4.95. The van der Waals surface area contributed by atoms with Crippen molar-refractivity contribution < 1.29 is 4.79 Å². The molecule has 0 spiro atoms. The van der Waals surface area contributed by atoms with Gasteiger partial charge in [-0.2, -0.15) is 0 Å². The van der Waals surface area contributed by atoms with Gasteiger partial charge in [-0.1, -0.05) is 30.3 Å². The molecule has 1 amide bonds. The standard InChI is InChI=1S/C17H15N3O2/c18-10-11-5-7-12(8-6-11)19-17(22)14-9-16(21)20-15-4-2-1-3-13(14)15/h1-9H,10,18H2,(H,19,22)(H,20,21). The number of aromatic amines is 1. The van der Waals surface area contributed by atoms with E-state index in [9.17, 15) is 9.59 Å². The van der Waals surface area contributed by atoms with E-state index in [1.807, 2.05) is 24.3 Å². The van der Waals surface area contributed by atoms with Crippen LogP contribution in [0.15, 0.2) is 59.4 Å². The van der Waals surface area contributed by atoms with E-state index in [0.717, 1.165) is 5.56 Å². The Morgan fingerprint density at radius 1 is 1.09 bits per heavy atom. The maximum atomic E-state index is 12.4. The maximum Gasteiger partial charge on any atom is 0.256 e. The Morgan fingerprint density at radius 2 is 1.82 bits per heavy atom. The van der Waals surface area contributed by atoms with Crippen LogP contribution in [0.3, 0.4) is 0 Å². The van der Waals surface area contributed by atoms with Crippen LogP contribution in [0, 0.1) is 0 Å². The molecule has 2 aromatic carbocycles. The van der Waals surface area contributed by atoms with Gasteiger partial charge in [0.2, 0.25) is 5.56 Å². The predicted octanol–water partition coefficient (Wildman–Crippen LogP) is 2.24. The first-order valence-corrected chi connectivity index (χ1v) is 6.90. The Kier molecular flexibility index (Phi) is 3.72. The summed E-state index contributed by atoms with van der Waals surface area (Å²) in [4.78, 5) is 26.9. The topological polar surface area (TPSA) is 88.0 Å². The van der Waals surface area contributed by atoms with Crippen LogP contribution in [-0.2, 0) is 6.54 Å². The molecule has 5 heteroatoms. The molecule has 0 radical (unpaired) electrons. The SMILES string of the molecule is NCc1ccc(NC(=O)c2cc(=O)[nH]c3ccccc23)cc1. The molecule has 0 saturated carbocycles. The highest BCUT2D eigenvalue weighted by molar-refractivity contribution is 6.12. The Hall–Kier alpha value is -2.92. The first kappa shape index (κ1) is 14.0. The van der Waals surface area contributed by atoms with E-state index < -0.39 is 0 Å². The third kappa shape index (κ3) is 2.75. The van der Waals surface area contributed by atoms with Crippen LogP contribution in [0.5, 0.6) is 0 Å². The Labute approximate surface area is 126 Å². The van der Waals surface area contributed by atoms with Gasteiger partial charge in [0.25, 0.3) is 5.91 Å². The molecular formula is C17H15N3O2. The summed E-state index contributed by atoms with van der Waals surface area (Å²) in [7, 11) is 0. The lowest BCUT2D eigenvalue weighted by molar-refractivity contribution is 0.102. The minimum absolute atomic E-state index is 0.303. The number of rotatable bonds is 3. The lowest BCUT2D eigenvalue weighted by Crippen LogP contribution is -2.16. The highest BCUT2D eigenvalue weighted by Crippen LogP contribution is 2.17. The molecule has 1 heterocycles. The van der Waals surface area contributed by atoms with Crippen molar-refractivity contribution in [3.05, 3.63) is 76.1 Å². The van der Waals surface area contributed by atoms with Gasteiger partial charge in [-0.25, -0.2) is 0 Å². The van der Waals surface area contributed by atoms with E-state index in [1.54, 1.807) is 24.3 Å². The molecule has 0 fully saturated rings. The Bertz CT molecular complexity index is 882. The van der Waals surface area contributed by atoms with Crippen molar-refractivity contribution in [3.63, 3.8) is 0 Å². The van der Waals surface area contributed by atoms with Gasteiger partial charge >= 0.3 is 0 Å². The largest absolute Gasteiger partial charge is 0.326 e. The summed E-state index contributed by atoms with van der Waals surface area (Å²) >= 11 is 0. The summed E-state index contributed by atoms with van der Waals surface area (Å²) in [6.45, 7) is 0.451. The maximum absolute atomic E-state index is 12.4. The lowest BCUT2D eigenvalue weighted by atomic mass is 10.1. The molecule has 3 rings (SSSR count). The van der Waals surface area contributed by atoms with Crippen LogP contribution in [0.2, 0.25) is 0 Å². The van der Waals surface area contributed by atoms with Crippen molar-refractivity contribution in [2.45, 2.75) is 6.54 Å². The van der Waals surface area contributed by atoms with Gasteiger partial charge < -0.3 is 16.0 Å². The number of nitrogens with one attached hydrogen (secondary N) is 2. The molecule has 0 unspecified atom stereocenters. The molecule has 0 aliphatic heterocycles. The molecule has 110 valence electrons. The number of hydrogen-bond acceptors (Lipinski definition) is 3. The molecule has 0 aliphatic carbocycles. The number of fused-ring (bicyclic) bond motifs is 1. The molecule has 0 aliphatic rings. The van der Waals surface area contributed by atoms with Crippen LogP contribution < -0.4 is 16.6 Å². The Morgan fingerprint density at radius 3 is 2.55 bits per heavy atom. The second-order valence-electron chi connectivity index (χ2n) is 4.95. The summed E-state index contributed by atoms with van der Waals surface area (Å²) < 4.78 is 0. The number of carbonyl (C=O) groups is 1. The third-order valence-corrected chi connectivity index (χ3v) is 3.44. The summed E-state index contributed by atoms with van der Waals surface area (Å²) in [6.07, 6.45) is 0. The quantitative estimate of drug-likeness (QED) is 0.692. The van der Waals surface area contributed by atoms with E-state index in [4.69, 9.17) is 5.73 Å². The van der Waals surface area contributed by atoms with Crippen LogP contribution in [0.25, 0.3) is 10.9 Å². The minimum Gasteiger partial charge on any atom is -0.326 e. The zero-order valence-electron chi connectivity index (χ0n) is 11.8. The molecule has 4 N–H and O–H groups in total. The molecule has 0 bridgehead atoms. The monoisotopic (exact) mass is 293 g/mol. The van der Waals surface area contributed by atoms with Gasteiger partial charge in [-0.15, -0.1) is 0 Å². The first-order valence-electron chi connectivity index (χ1n) is 6.90. The molecule has 1 aromatic heterocycles. The van der Waals surface area contributed by atoms with Gasteiger partial charge in [-0.3, -0.25) is 9.59 Å². The van der Waals surface area contributed by atoms with E-state index in [2.05, 4.69) is 10.3 Å². The summed E-state index contributed by atoms with van der Waals surface area (Å²) in [6, 6.07) is 15.8. The number of anilines is 1. The normalized spacial score (nSPS) is 10.6. The number of hydrogen-bond donors (Lipinski definition) is 3. The van der Waals surface area contributed by atoms with E-state index in [0.29, 0.717) is 28.7 Å². The summed E-state index contributed by atoms with van der Waals surface area (Å²) in [5.74, 6) is -0.317. The van der Waals surface area contributed by atoms with Gasteiger partial charge in [0.05, 0.1) is 5.56 Å². The lowest BCUT2D eigenvalue weighted by Gasteiger charge is -2.08. The number of para-hydroxylation sites is 1. The average molecular weight is 293 g/mol. The molecular weight excluding hydrogens is 278 g/mol. The smallest absolute Gasteiger partial charge is 0.256 e. The fraction of sp³-hybridized carbons (Fsp3) is 0.0588. The highest BCUT2D eigenvalue weighted by Gasteiger charge is 2.11. The highest BCUT2D eigenvalue weighted by atomic mass is 16.2. The van der Waals surface area contributed by atoms with Gasteiger partial charge in [0.1, 0.15) is 0 Å². The van der Waals surface area contributed by atoms with Crippen molar-refractivity contribution in [2.75, 3.05) is 5.32 Å². The van der Waals surface area contributed by atoms with Crippen molar-refractivity contribution in [1.82, 2.24) is 4.98 Å². The number of H-pyrrole nitrogens is 1. The van der Waals surface area contributed by atoms with Crippen LogP contribution in [-0.4, -0.2) is 10.9 Å². The van der Waals surface area contributed by atoms with Crippen molar-refractivity contribution in [3.8, 4) is 0 Å². The molecule has 3 aromatic rings. The van der Waals surface area contributed by atoms with Gasteiger partial charge in [0.15, 0.2) is 0 Å².